The van der Waals surface area contributed by atoms with Crippen LogP contribution in [0.3, 0.4) is 0 Å². The molecule has 0 fully saturated rings. The molecule has 0 spiro atoms. The summed E-state index contributed by atoms with van der Waals surface area (Å²) in [4.78, 5) is 0. The molecule has 2 heteroatoms. The fourth-order valence-electron chi connectivity index (χ4n) is 1.24. The Balaban J connectivity index is 2.55. The summed E-state index contributed by atoms with van der Waals surface area (Å²) in [6.07, 6.45) is 0. The Hall–Kier alpha value is -0.603. The van der Waals surface area contributed by atoms with Gasteiger partial charge in [-0.2, -0.15) is 0 Å². The van der Waals surface area contributed by atoms with Crippen molar-refractivity contribution in [2.24, 2.45) is 0 Å². The maximum atomic E-state index is 5.94. The lowest BCUT2D eigenvalue weighted by Crippen LogP contribution is -2.37. The van der Waals surface area contributed by atoms with Crippen molar-refractivity contribution >= 4 is 8.07 Å². The molecule has 0 saturated carbocycles. The lowest BCUT2D eigenvalue weighted by atomic mass is 10.1. The molecule has 15 heavy (non-hydrogen) atoms. The quantitative estimate of drug-likeness (QED) is 0.705. The first-order chi connectivity index (χ1) is 6.91. The molecule has 0 aliphatic carbocycles. The number of hydrogen-bond acceptors (Lipinski definition) is 1. The third-order valence-corrected chi connectivity index (χ3v) is 5.58. The van der Waals surface area contributed by atoms with E-state index < -0.39 is 8.07 Å². The van der Waals surface area contributed by atoms with Crippen molar-refractivity contribution in [3.63, 3.8) is 0 Å². The van der Waals surface area contributed by atoms with Crippen molar-refractivity contribution < 1.29 is 4.74 Å². The van der Waals surface area contributed by atoms with Crippen molar-refractivity contribution in [3.05, 3.63) is 35.4 Å². The number of aryl methyl sites for hydroxylation is 1. The van der Waals surface area contributed by atoms with Crippen molar-refractivity contribution in [2.45, 2.75) is 45.8 Å². The predicted molar refractivity (Wildman–Crippen MR) is 68.8 cm³/mol. The lowest BCUT2D eigenvalue weighted by molar-refractivity contribution is 0.0975. The van der Waals surface area contributed by atoms with Crippen LogP contribution in [0, 0.1) is 6.92 Å². The van der Waals surface area contributed by atoms with Gasteiger partial charge in [-0.05, 0) is 25.0 Å². The van der Waals surface area contributed by atoms with Crippen molar-refractivity contribution in [2.75, 3.05) is 0 Å². The molecule has 1 atom stereocenters. The zero-order chi connectivity index (χ0) is 11.5. The highest BCUT2D eigenvalue weighted by molar-refractivity contribution is 6.77. The summed E-state index contributed by atoms with van der Waals surface area (Å²) in [6, 6.07) is 8.43. The van der Waals surface area contributed by atoms with Gasteiger partial charge in [0.25, 0.3) is 0 Å². The second-order valence-electron chi connectivity index (χ2n) is 5.25. The minimum absolute atomic E-state index is 0.414. The van der Waals surface area contributed by atoms with Crippen LogP contribution < -0.4 is 0 Å². The van der Waals surface area contributed by atoms with E-state index >= 15 is 0 Å². The van der Waals surface area contributed by atoms with Crippen LogP contribution in [0.15, 0.2) is 24.3 Å². The maximum absolute atomic E-state index is 5.94. The van der Waals surface area contributed by atoms with Gasteiger partial charge < -0.3 is 4.74 Å². The highest BCUT2D eigenvalue weighted by Crippen LogP contribution is 2.15. The number of benzene rings is 1. The second kappa shape index (κ2) is 4.95. The van der Waals surface area contributed by atoms with Crippen molar-refractivity contribution in [1.82, 2.24) is 0 Å². The average Bonchev–Trinajstić information content (AvgIpc) is 2.14. The number of rotatable bonds is 4. The van der Waals surface area contributed by atoms with E-state index in [0.717, 1.165) is 6.61 Å². The molecule has 0 heterocycles. The number of ether oxygens (including phenoxy) is 1. The standard InChI is InChI=1S/C13H22OSi/c1-11-8-6-7-9-13(11)10-14-12(2)15(3,4)5/h6-9,12H,10H2,1-5H3. The SMILES string of the molecule is Cc1ccccc1COC(C)[Si](C)(C)C. The fourth-order valence-corrected chi connectivity index (χ4v) is 1.82. The Labute approximate surface area is 94.5 Å². The smallest absolute Gasteiger partial charge is 0.0781 e. The Bertz CT molecular complexity index is 315. The van der Waals surface area contributed by atoms with Gasteiger partial charge in [0, 0.05) is 5.73 Å². The van der Waals surface area contributed by atoms with Gasteiger partial charge in [0.2, 0.25) is 0 Å². The summed E-state index contributed by atoms with van der Waals surface area (Å²) < 4.78 is 5.94. The van der Waals surface area contributed by atoms with E-state index in [1.165, 1.54) is 11.1 Å². The van der Waals surface area contributed by atoms with Crippen molar-refractivity contribution in [3.8, 4) is 0 Å². The molecule has 1 nitrogen and oxygen atoms in total. The van der Waals surface area contributed by atoms with Crippen LogP contribution in [0.25, 0.3) is 0 Å². The van der Waals surface area contributed by atoms with E-state index in [-0.39, 0.29) is 0 Å². The minimum atomic E-state index is -1.15. The van der Waals surface area contributed by atoms with E-state index in [4.69, 9.17) is 4.74 Å². The van der Waals surface area contributed by atoms with Crippen LogP contribution >= 0.6 is 0 Å². The van der Waals surface area contributed by atoms with Gasteiger partial charge in [0.05, 0.1) is 14.7 Å². The van der Waals surface area contributed by atoms with Crippen molar-refractivity contribution in [1.29, 1.82) is 0 Å². The highest BCUT2D eigenvalue weighted by Gasteiger charge is 2.22. The van der Waals surface area contributed by atoms with Gasteiger partial charge >= 0.3 is 0 Å². The van der Waals surface area contributed by atoms with E-state index in [9.17, 15) is 0 Å². The lowest BCUT2D eigenvalue weighted by Gasteiger charge is -2.25. The Morgan fingerprint density at radius 3 is 2.33 bits per heavy atom. The average molecular weight is 222 g/mol. The van der Waals surface area contributed by atoms with Gasteiger partial charge in [0.1, 0.15) is 0 Å². The minimum Gasteiger partial charge on any atom is -0.377 e. The van der Waals surface area contributed by atoms with E-state index in [2.05, 4.69) is 57.8 Å². The normalized spacial score (nSPS) is 13.9. The molecule has 1 aromatic rings. The zero-order valence-electron chi connectivity index (χ0n) is 10.5. The molecular formula is C13H22OSi. The molecular weight excluding hydrogens is 200 g/mol. The van der Waals surface area contributed by atoms with Gasteiger partial charge in [-0.25, -0.2) is 0 Å². The third kappa shape index (κ3) is 3.80. The summed E-state index contributed by atoms with van der Waals surface area (Å²) in [6.45, 7) is 12.1. The maximum Gasteiger partial charge on any atom is 0.0781 e. The summed E-state index contributed by atoms with van der Waals surface area (Å²) in [7, 11) is -1.15. The highest BCUT2D eigenvalue weighted by atomic mass is 28.3. The topological polar surface area (TPSA) is 9.23 Å². The van der Waals surface area contributed by atoms with Gasteiger partial charge in [0.15, 0.2) is 0 Å². The second-order valence-corrected chi connectivity index (χ2v) is 10.8. The van der Waals surface area contributed by atoms with Crippen LogP contribution in [0.1, 0.15) is 18.1 Å². The summed E-state index contributed by atoms with van der Waals surface area (Å²) >= 11 is 0. The molecule has 1 rings (SSSR count). The summed E-state index contributed by atoms with van der Waals surface area (Å²) in [5.41, 5.74) is 3.04. The van der Waals surface area contributed by atoms with Crippen LogP contribution in [-0.4, -0.2) is 13.8 Å². The predicted octanol–water partition coefficient (Wildman–Crippen LogP) is 3.78. The monoisotopic (exact) mass is 222 g/mol. The van der Waals surface area contributed by atoms with Gasteiger partial charge in [-0.15, -0.1) is 0 Å². The Morgan fingerprint density at radius 2 is 1.80 bits per heavy atom. The zero-order valence-corrected chi connectivity index (χ0v) is 11.5. The van der Waals surface area contributed by atoms with Gasteiger partial charge in [-0.3, -0.25) is 0 Å². The van der Waals surface area contributed by atoms with Crippen LogP contribution in [0.2, 0.25) is 19.6 Å². The molecule has 0 aliphatic rings. The molecule has 0 aliphatic heterocycles. The molecule has 1 aromatic carbocycles. The first-order valence-electron chi connectivity index (χ1n) is 5.57. The van der Waals surface area contributed by atoms with Crippen LogP contribution in [0.4, 0.5) is 0 Å². The van der Waals surface area contributed by atoms with E-state index in [1.807, 2.05) is 0 Å². The fraction of sp³-hybridized carbons (Fsp3) is 0.538. The molecule has 0 radical (unpaired) electrons. The van der Waals surface area contributed by atoms with Gasteiger partial charge in [-0.1, -0.05) is 43.9 Å². The summed E-state index contributed by atoms with van der Waals surface area (Å²) in [5.74, 6) is 0. The largest absolute Gasteiger partial charge is 0.377 e. The first kappa shape index (κ1) is 12.5. The molecule has 1 unspecified atom stereocenters. The molecule has 0 amide bonds. The molecule has 0 aromatic heterocycles. The van der Waals surface area contributed by atoms with Crippen LogP contribution in [0.5, 0.6) is 0 Å². The first-order valence-corrected chi connectivity index (χ1v) is 9.15. The molecule has 84 valence electrons. The Kier molecular flexibility index (Phi) is 4.11. The summed E-state index contributed by atoms with van der Waals surface area (Å²) in [5, 5.41) is 0. The number of hydrogen-bond donors (Lipinski definition) is 0. The molecule has 0 saturated heterocycles. The van der Waals surface area contributed by atoms with E-state index in [1.54, 1.807) is 0 Å². The molecule has 0 N–H and O–H groups in total. The van der Waals surface area contributed by atoms with Crippen LogP contribution in [-0.2, 0) is 11.3 Å². The van der Waals surface area contributed by atoms with E-state index in [0.29, 0.717) is 5.73 Å². The third-order valence-electron chi connectivity index (χ3n) is 2.97. The Morgan fingerprint density at radius 1 is 1.20 bits per heavy atom. The molecule has 0 bridgehead atoms.